The highest BCUT2D eigenvalue weighted by Gasteiger charge is 2.10. The number of benzene rings is 1. The zero-order chi connectivity index (χ0) is 11.4. The fraction of sp³-hybridized carbons (Fsp3) is 0.500. The number of rotatable bonds is 2. The first-order valence-corrected chi connectivity index (χ1v) is 6.29. The van der Waals surface area contributed by atoms with Crippen molar-refractivity contribution in [1.82, 2.24) is 4.90 Å². The van der Waals surface area contributed by atoms with E-state index in [-0.39, 0.29) is 5.82 Å². The van der Waals surface area contributed by atoms with Crippen LogP contribution in [0, 0.1) is 5.82 Å². The van der Waals surface area contributed by atoms with E-state index in [1.54, 1.807) is 0 Å². The minimum Gasteiger partial charge on any atom is -0.380 e. The Hall–Kier alpha value is -0.450. The van der Waals surface area contributed by atoms with Crippen LogP contribution in [0.5, 0.6) is 0 Å². The fourth-order valence-electron chi connectivity index (χ4n) is 1.85. The van der Waals surface area contributed by atoms with Gasteiger partial charge >= 0.3 is 0 Å². The van der Waals surface area contributed by atoms with Crippen LogP contribution >= 0.6 is 15.9 Å². The van der Waals surface area contributed by atoms with Gasteiger partial charge in [0.25, 0.3) is 0 Å². The van der Waals surface area contributed by atoms with Crippen molar-refractivity contribution in [1.29, 1.82) is 0 Å². The van der Waals surface area contributed by atoms with Crippen LogP contribution in [0.3, 0.4) is 0 Å². The van der Waals surface area contributed by atoms with Crippen LogP contribution in [0.25, 0.3) is 0 Å². The van der Waals surface area contributed by atoms with E-state index >= 15 is 0 Å². The van der Waals surface area contributed by atoms with Crippen molar-refractivity contribution in [3.8, 4) is 0 Å². The summed E-state index contributed by atoms with van der Waals surface area (Å²) in [4.78, 5) is 2.34. The number of halogens is 2. The molecule has 4 heteroatoms. The first-order chi connectivity index (χ1) is 7.75. The third-order valence-corrected chi connectivity index (χ3v) is 3.31. The lowest BCUT2D eigenvalue weighted by Gasteiger charge is -2.19. The van der Waals surface area contributed by atoms with Gasteiger partial charge in [-0.25, -0.2) is 4.39 Å². The topological polar surface area (TPSA) is 12.5 Å². The van der Waals surface area contributed by atoms with Crippen molar-refractivity contribution in [2.24, 2.45) is 0 Å². The largest absolute Gasteiger partial charge is 0.380 e. The Bertz CT molecular complexity index is 351. The minimum absolute atomic E-state index is 0.206. The third-order valence-electron chi connectivity index (χ3n) is 2.71. The molecule has 0 aromatic heterocycles. The van der Waals surface area contributed by atoms with E-state index in [1.807, 2.05) is 12.1 Å². The monoisotopic (exact) mass is 287 g/mol. The van der Waals surface area contributed by atoms with Gasteiger partial charge in [0.2, 0.25) is 0 Å². The van der Waals surface area contributed by atoms with Crippen molar-refractivity contribution < 1.29 is 9.13 Å². The number of ether oxygens (including phenoxy) is 1. The van der Waals surface area contributed by atoms with Crippen molar-refractivity contribution in [3.05, 3.63) is 34.1 Å². The third kappa shape index (κ3) is 3.27. The van der Waals surface area contributed by atoms with Crippen LogP contribution in [-0.2, 0) is 11.3 Å². The Morgan fingerprint density at radius 3 is 3.00 bits per heavy atom. The summed E-state index contributed by atoms with van der Waals surface area (Å²) in [5.74, 6) is -0.206. The van der Waals surface area contributed by atoms with Crippen LogP contribution in [0.2, 0.25) is 0 Å². The SMILES string of the molecule is Fc1ccc(CN2CCCOCC2)cc1Br. The quantitative estimate of drug-likeness (QED) is 0.829. The molecule has 0 N–H and O–H groups in total. The highest BCUT2D eigenvalue weighted by atomic mass is 79.9. The molecule has 1 heterocycles. The zero-order valence-electron chi connectivity index (χ0n) is 9.09. The van der Waals surface area contributed by atoms with Gasteiger partial charge in [0, 0.05) is 26.2 Å². The van der Waals surface area contributed by atoms with Crippen LogP contribution in [0.15, 0.2) is 22.7 Å². The second kappa shape index (κ2) is 5.75. The molecule has 1 aliphatic rings. The molecule has 0 atom stereocenters. The van der Waals surface area contributed by atoms with Crippen molar-refractivity contribution in [3.63, 3.8) is 0 Å². The maximum atomic E-state index is 13.1. The summed E-state index contributed by atoms with van der Waals surface area (Å²) in [5.41, 5.74) is 1.13. The standard InChI is InChI=1S/C12H15BrFNO/c13-11-8-10(2-3-12(11)14)9-15-4-1-6-16-7-5-15/h2-3,8H,1,4-7,9H2. The van der Waals surface area contributed by atoms with Gasteiger partial charge in [0.05, 0.1) is 11.1 Å². The molecule has 0 radical (unpaired) electrons. The van der Waals surface area contributed by atoms with Gasteiger partial charge in [-0.2, -0.15) is 0 Å². The summed E-state index contributed by atoms with van der Waals surface area (Å²) < 4.78 is 19.0. The van der Waals surface area contributed by atoms with Gasteiger partial charge in [-0.1, -0.05) is 6.07 Å². The van der Waals surface area contributed by atoms with Gasteiger partial charge in [-0.05, 0) is 40.0 Å². The second-order valence-corrected chi connectivity index (χ2v) is 4.84. The molecule has 0 bridgehead atoms. The van der Waals surface area contributed by atoms with E-state index in [0.717, 1.165) is 44.8 Å². The molecule has 0 aliphatic carbocycles. The molecule has 1 aliphatic heterocycles. The zero-order valence-corrected chi connectivity index (χ0v) is 10.7. The molecule has 0 unspecified atom stereocenters. The van der Waals surface area contributed by atoms with E-state index in [1.165, 1.54) is 6.07 Å². The summed E-state index contributed by atoms with van der Waals surface area (Å²) in [7, 11) is 0. The van der Waals surface area contributed by atoms with E-state index < -0.39 is 0 Å². The van der Waals surface area contributed by atoms with Crippen molar-refractivity contribution in [2.75, 3.05) is 26.3 Å². The van der Waals surface area contributed by atoms with Crippen LogP contribution in [0.1, 0.15) is 12.0 Å². The molecule has 88 valence electrons. The average molecular weight is 288 g/mol. The molecule has 1 fully saturated rings. The molecule has 1 saturated heterocycles. The first-order valence-electron chi connectivity index (χ1n) is 5.50. The molecule has 0 spiro atoms. The minimum atomic E-state index is -0.206. The van der Waals surface area contributed by atoms with Gasteiger partial charge in [0.1, 0.15) is 5.82 Å². The number of hydrogen-bond acceptors (Lipinski definition) is 2. The molecule has 1 aromatic carbocycles. The lowest BCUT2D eigenvalue weighted by molar-refractivity contribution is 0.140. The molecule has 0 amide bonds. The van der Waals surface area contributed by atoms with E-state index in [2.05, 4.69) is 20.8 Å². The van der Waals surface area contributed by atoms with E-state index in [4.69, 9.17) is 4.74 Å². The first kappa shape index (κ1) is 12.0. The number of hydrogen-bond donors (Lipinski definition) is 0. The van der Waals surface area contributed by atoms with Crippen molar-refractivity contribution in [2.45, 2.75) is 13.0 Å². The van der Waals surface area contributed by atoms with E-state index in [0.29, 0.717) is 4.47 Å². The van der Waals surface area contributed by atoms with Gasteiger partial charge in [0.15, 0.2) is 0 Å². The summed E-state index contributed by atoms with van der Waals surface area (Å²) >= 11 is 3.21. The maximum Gasteiger partial charge on any atom is 0.137 e. The molecule has 2 nitrogen and oxygen atoms in total. The van der Waals surface area contributed by atoms with Crippen LogP contribution in [0.4, 0.5) is 4.39 Å². The lowest BCUT2D eigenvalue weighted by Crippen LogP contribution is -2.25. The van der Waals surface area contributed by atoms with Crippen LogP contribution < -0.4 is 0 Å². The Morgan fingerprint density at radius 1 is 1.31 bits per heavy atom. The Kier molecular flexibility index (Phi) is 4.32. The predicted molar refractivity (Wildman–Crippen MR) is 64.8 cm³/mol. The van der Waals surface area contributed by atoms with Crippen LogP contribution in [-0.4, -0.2) is 31.2 Å². The fourth-order valence-corrected chi connectivity index (χ4v) is 2.28. The summed E-state index contributed by atoms with van der Waals surface area (Å²) in [6, 6.07) is 5.20. The van der Waals surface area contributed by atoms with Gasteiger partial charge in [-0.15, -0.1) is 0 Å². The van der Waals surface area contributed by atoms with Gasteiger partial charge in [-0.3, -0.25) is 4.90 Å². The molecule has 2 rings (SSSR count). The second-order valence-electron chi connectivity index (χ2n) is 3.99. The molecular weight excluding hydrogens is 273 g/mol. The number of nitrogens with zero attached hydrogens (tertiary/aromatic N) is 1. The van der Waals surface area contributed by atoms with Gasteiger partial charge < -0.3 is 4.74 Å². The summed E-state index contributed by atoms with van der Waals surface area (Å²) in [6.07, 6.45) is 1.07. The molecule has 1 aromatic rings. The Labute approximate surface area is 104 Å². The Morgan fingerprint density at radius 2 is 2.19 bits per heavy atom. The lowest BCUT2D eigenvalue weighted by atomic mass is 10.2. The molecule has 0 saturated carbocycles. The molecule has 16 heavy (non-hydrogen) atoms. The maximum absolute atomic E-state index is 13.1. The summed E-state index contributed by atoms with van der Waals surface area (Å²) in [5, 5.41) is 0. The van der Waals surface area contributed by atoms with Crippen molar-refractivity contribution >= 4 is 15.9 Å². The normalized spacial score (nSPS) is 18.4. The Balaban J connectivity index is 1.99. The average Bonchev–Trinajstić information content (AvgIpc) is 2.52. The van der Waals surface area contributed by atoms with E-state index in [9.17, 15) is 4.39 Å². The predicted octanol–water partition coefficient (Wildman–Crippen LogP) is 2.81. The highest BCUT2D eigenvalue weighted by molar-refractivity contribution is 9.10. The highest BCUT2D eigenvalue weighted by Crippen LogP contribution is 2.18. The molecular formula is C12H15BrFNO. The summed E-state index contributed by atoms with van der Waals surface area (Å²) in [6.45, 7) is 4.51. The smallest absolute Gasteiger partial charge is 0.137 e.